The van der Waals surface area contributed by atoms with E-state index in [-0.39, 0.29) is 33.0 Å². The molecule has 1 atom stereocenters. The van der Waals surface area contributed by atoms with Crippen molar-refractivity contribution in [2.75, 3.05) is 10.0 Å². The first kappa shape index (κ1) is 26.6. The molecule has 9 nitrogen and oxygen atoms in total. The van der Waals surface area contributed by atoms with E-state index in [1.165, 1.54) is 30.3 Å². The quantitative estimate of drug-likeness (QED) is 0.241. The van der Waals surface area contributed by atoms with Gasteiger partial charge in [0.25, 0.3) is 26.2 Å². The second kappa shape index (κ2) is 11.3. The summed E-state index contributed by atoms with van der Waals surface area (Å²) in [6.45, 7) is 1.83. The molecule has 0 spiro atoms. The summed E-state index contributed by atoms with van der Waals surface area (Å²) in [5, 5.41) is 13.2. The fourth-order valence-corrected chi connectivity index (χ4v) is 5.74. The minimum absolute atomic E-state index is 0.0564. The van der Waals surface area contributed by atoms with Gasteiger partial charge in [-0.1, -0.05) is 77.0 Å². The van der Waals surface area contributed by atoms with Crippen LogP contribution in [-0.2, 0) is 10.0 Å². The van der Waals surface area contributed by atoms with E-state index in [9.17, 15) is 18.0 Å². The smallest absolute Gasteiger partial charge is 0.291 e. The average Bonchev–Trinajstić information content (AvgIpc) is 3.34. The number of halogens is 2. The van der Waals surface area contributed by atoms with Crippen LogP contribution in [0.15, 0.2) is 77.1 Å². The number of carbonyl (C=O) groups excluding carboxylic acids is 2. The summed E-state index contributed by atoms with van der Waals surface area (Å²) < 4.78 is 28.0. The molecule has 0 saturated carbocycles. The third-order valence-corrected chi connectivity index (χ3v) is 8.22. The molecule has 1 heterocycles. The summed E-state index contributed by atoms with van der Waals surface area (Å²) in [6, 6.07) is 19.6. The van der Waals surface area contributed by atoms with Crippen molar-refractivity contribution in [3.63, 3.8) is 0 Å². The highest BCUT2D eigenvalue weighted by Gasteiger charge is 2.24. The lowest BCUT2D eigenvalue weighted by atomic mass is 10.1. The highest BCUT2D eigenvalue weighted by atomic mass is 35.5. The van der Waals surface area contributed by atoms with E-state index in [0.717, 1.165) is 5.56 Å². The van der Waals surface area contributed by atoms with Gasteiger partial charge in [-0.3, -0.25) is 19.6 Å². The Hall–Kier alpha value is -3.51. The predicted octanol–water partition coefficient (Wildman–Crippen LogP) is 5.39. The molecule has 0 fully saturated rings. The maximum Gasteiger partial charge on any atom is 0.291 e. The van der Waals surface area contributed by atoms with Gasteiger partial charge in [0.05, 0.1) is 27.9 Å². The number of anilines is 2. The molecule has 0 aliphatic carbocycles. The van der Waals surface area contributed by atoms with E-state index in [1.54, 1.807) is 12.1 Å². The Morgan fingerprint density at radius 3 is 2.32 bits per heavy atom. The minimum Gasteiger partial charge on any atom is -0.345 e. The lowest BCUT2D eigenvalue weighted by Crippen LogP contribution is -2.28. The molecular formula is C24H19Cl2N5O4S2. The first-order valence-electron chi connectivity index (χ1n) is 10.7. The van der Waals surface area contributed by atoms with Crippen molar-refractivity contribution < 1.29 is 18.0 Å². The van der Waals surface area contributed by atoms with Gasteiger partial charge in [-0.2, -0.15) is 8.42 Å². The molecule has 0 radical (unpaired) electrons. The van der Waals surface area contributed by atoms with Crippen molar-refractivity contribution >= 4 is 67.2 Å². The molecule has 3 aromatic carbocycles. The SMILES string of the molecule is C[C@@H](NC(=O)c1ccccc1NS(=O)(=O)c1nnc(NC(=O)c2ccc(Cl)cc2Cl)s1)c1ccccc1. The maximum absolute atomic E-state index is 13.0. The van der Waals surface area contributed by atoms with E-state index in [4.69, 9.17) is 23.2 Å². The van der Waals surface area contributed by atoms with Crippen LogP contribution < -0.4 is 15.4 Å². The lowest BCUT2D eigenvalue weighted by molar-refractivity contribution is 0.0940. The zero-order valence-corrected chi connectivity index (χ0v) is 22.3. The normalized spacial score (nSPS) is 12.0. The van der Waals surface area contributed by atoms with Crippen LogP contribution in [0.3, 0.4) is 0 Å². The van der Waals surface area contributed by atoms with Crippen molar-refractivity contribution in [1.29, 1.82) is 0 Å². The van der Waals surface area contributed by atoms with Gasteiger partial charge in [-0.15, -0.1) is 10.2 Å². The first-order valence-corrected chi connectivity index (χ1v) is 13.8. The Morgan fingerprint density at radius 1 is 0.892 bits per heavy atom. The fourth-order valence-electron chi connectivity index (χ4n) is 3.26. The molecule has 1 aromatic heterocycles. The summed E-state index contributed by atoms with van der Waals surface area (Å²) in [5.41, 5.74) is 1.23. The van der Waals surface area contributed by atoms with Crippen molar-refractivity contribution in [2.24, 2.45) is 0 Å². The van der Waals surface area contributed by atoms with Crippen LogP contribution in [0.5, 0.6) is 0 Å². The summed E-state index contributed by atoms with van der Waals surface area (Å²) in [5.74, 6) is -1.07. The highest BCUT2D eigenvalue weighted by molar-refractivity contribution is 7.94. The largest absolute Gasteiger partial charge is 0.345 e. The molecule has 4 aromatic rings. The number of sulfonamides is 1. The predicted molar refractivity (Wildman–Crippen MR) is 144 cm³/mol. The van der Waals surface area contributed by atoms with Gasteiger partial charge in [0, 0.05) is 5.02 Å². The first-order chi connectivity index (χ1) is 17.6. The zero-order valence-electron chi connectivity index (χ0n) is 19.1. The Kier molecular flexibility index (Phi) is 8.08. The van der Waals surface area contributed by atoms with E-state index in [1.807, 2.05) is 37.3 Å². The molecule has 0 unspecified atom stereocenters. The lowest BCUT2D eigenvalue weighted by Gasteiger charge is -2.16. The molecule has 4 rings (SSSR count). The van der Waals surface area contributed by atoms with Crippen LogP contribution in [-0.4, -0.2) is 30.4 Å². The Morgan fingerprint density at radius 2 is 1.59 bits per heavy atom. The Bertz CT molecular complexity index is 1560. The topological polar surface area (TPSA) is 130 Å². The van der Waals surface area contributed by atoms with Gasteiger partial charge in [-0.05, 0) is 42.8 Å². The summed E-state index contributed by atoms with van der Waals surface area (Å²) in [4.78, 5) is 25.4. The molecule has 0 saturated heterocycles. The van der Waals surface area contributed by atoms with E-state index in [0.29, 0.717) is 16.4 Å². The zero-order chi connectivity index (χ0) is 26.6. The highest BCUT2D eigenvalue weighted by Crippen LogP contribution is 2.27. The number of rotatable bonds is 8. The Balaban J connectivity index is 1.49. The number of aromatic nitrogens is 2. The van der Waals surface area contributed by atoms with Gasteiger partial charge in [0.1, 0.15) is 0 Å². The number of nitrogens with zero attached hydrogens (tertiary/aromatic N) is 2. The van der Waals surface area contributed by atoms with Crippen LogP contribution in [0.4, 0.5) is 10.8 Å². The minimum atomic E-state index is -4.22. The second-order valence-electron chi connectivity index (χ2n) is 7.71. The van der Waals surface area contributed by atoms with Crippen LogP contribution in [0, 0.1) is 0 Å². The number of nitrogens with one attached hydrogen (secondary N) is 3. The Labute approximate surface area is 226 Å². The molecule has 0 aliphatic rings. The van der Waals surface area contributed by atoms with E-state index < -0.39 is 26.2 Å². The van der Waals surface area contributed by atoms with Crippen molar-refractivity contribution in [3.8, 4) is 0 Å². The van der Waals surface area contributed by atoms with Crippen molar-refractivity contribution in [1.82, 2.24) is 15.5 Å². The number of benzene rings is 3. The number of hydrogen-bond acceptors (Lipinski definition) is 7. The van der Waals surface area contributed by atoms with Gasteiger partial charge < -0.3 is 5.32 Å². The number of para-hydroxylation sites is 1. The molecular weight excluding hydrogens is 557 g/mol. The molecule has 2 amide bonds. The molecule has 3 N–H and O–H groups in total. The van der Waals surface area contributed by atoms with E-state index >= 15 is 0 Å². The standard InChI is InChI=1S/C24H19Cl2N5O4S2/c1-14(15-7-3-2-4-8-15)27-22(33)18-9-5-6-10-20(18)31-37(34,35)24-30-29-23(36-24)28-21(32)17-12-11-16(25)13-19(17)26/h2-14,31H,1H3,(H,27,33)(H,28,29,32)/t14-/m1/s1. The summed E-state index contributed by atoms with van der Waals surface area (Å²) in [7, 11) is -4.22. The summed E-state index contributed by atoms with van der Waals surface area (Å²) >= 11 is 12.5. The van der Waals surface area contributed by atoms with Crippen LogP contribution in [0.25, 0.3) is 0 Å². The second-order valence-corrected chi connectivity index (χ2v) is 11.4. The van der Waals surface area contributed by atoms with Crippen LogP contribution >= 0.6 is 34.5 Å². The number of carbonyl (C=O) groups is 2. The molecule has 37 heavy (non-hydrogen) atoms. The molecule has 0 aliphatic heterocycles. The van der Waals surface area contributed by atoms with Crippen molar-refractivity contribution in [3.05, 3.63) is 99.5 Å². The van der Waals surface area contributed by atoms with Crippen molar-refractivity contribution in [2.45, 2.75) is 17.3 Å². The van der Waals surface area contributed by atoms with Crippen LogP contribution in [0.1, 0.15) is 39.2 Å². The third kappa shape index (κ3) is 6.44. The average molecular weight is 576 g/mol. The van der Waals surface area contributed by atoms with Gasteiger partial charge in [0.15, 0.2) is 0 Å². The monoisotopic (exact) mass is 575 g/mol. The van der Waals surface area contributed by atoms with Gasteiger partial charge >= 0.3 is 0 Å². The molecule has 190 valence electrons. The molecule has 13 heteroatoms. The molecule has 0 bridgehead atoms. The van der Waals surface area contributed by atoms with Gasteiger partial charge in [0.2, 0.25) is 5.13 Å². The van der Waals surface area contributed by atoms with Gasteiger partial charge in [-0.25, -0.2) is 0 Å². The maximum atomic E-state index is 13.0. The van der Waals surface area contributed by atoms with E-state index in [2.05, 4.69) is 25.6 Å². The number of amides is 2. The fraction of sp³-hybridized carbons (Fsp3) is 0.0833. The number of hydrogen-bond donors (Lipinski definition) is 3. The summed E-state index contributed by atoms with van der Waals surface area (Å²) in [6.07, 6.45) is 0. The third-order valence-electron chi connectivity index (χ3n) is 5.10. The van der Waals surface area contributed by atoms with Crippen LogP contribution in [0.2, 0.25) is 10.0 Å².